The lowest BCUT2D eigenvalue weighted by Gasteiger charge is -2.15. The maximum Gasteiger partial charge on any atom is 0.340 e. The fraction of sp³-hybridized carbons (Fsp3) is 0.462. The van der Waals surface area contributed by atoms with Crippen molar-refractivity contribution in [3.8, 4) is 5.88 Å². The van der Waals surface area contributed by atoms with E-state index in [-0.39, 0.29) is 31.0 Å². The number of aliphatic carboxylic acids is 1. The summed E-state index contributed by atoms with van der Waals surface area (Å²) in [6.45, 7) is -1.43. The van der Waals surface area contributed by atoms with Crippen LogP contribution in [0.2, 0.25) is 0 Å². The molecule has 0 unspecified atom stereocenters. The molecule has 7 nitrogen and oxygen atoms in total. The van der Waals surface area contributed by atoms with Crippen molar-refractivity contribution in [3.63, 3.8) is 0 Å². The number of anilines is 1. The molecule has 0 spiro atoms. The summed E-state index contributed by atoms with van der Waals surface area (Å²) >= 11 is 0. The van der Waals surface area contributed by atoms with Gasteiger partial charge >= 0.3 is 24.3 Å². The minimum Gasteiger partial charge on any atom is -0.481 e. The average molecular weight is 353 g/mol. The van der Waals surface area contributed by atoms with Crippen molar-refractivity contribution in [1.82, 2.24) is 10.3 Å². The number of hydrogen-bond donors (Lipinski definition) is 3. The van der Waals surface area contributed by atoms with E-state index in [9.17, 15) is 27.2 Å². The molecule has 0 saturated heterocycles. The largest absolute Gasteiger partial charge is 0.481 e. The van der Waals surface area contributed by atoms with Gasteiger partial charge in [-0.15, -0.1) is 0 Å². The molecule has 24 heavy (non-hydrogen) atoms. The van der Waals surface area contributed by atoms with Gasteiger partial charge in [0, 0.05) is 30.9 Å². The average Bonchev–Trinajstić information content (AvgIpc) is 2.50. The highest BCUT2D eigenvalue weighted by atomic mass is 19.3. The molecule has 0 bridgehead atoms. The van der Waals surface area contributed by atoms with Gasteiger partial charge in [0.15, 0.2) is 6.61 Å². The van der Waals surface area contributed by atoms with E-state index >= 15 is 0 Å². The number of nitrogens with zero attached hydrogens (tertiary/aromatic N) is 1. The van der Waals surface area contributed by atoms with E-state index in [1.165, 1.54) is 6.07 Å². The number of urea groups is 1. The zero-order chi connectivity index (χ0) is 18.2. The van der Waals surface area contributed by atoms with Gasteiger partial charge in [0.2, 0.25) is 5.88 Å². The van der Waals surface area contributed by atoms with Crippen LogP contribution < -0.4 is 15.4 Å². The van der Waals surface area contributed by atoms with Crippen LogP contribution in [0.5, 0.6) is 5.88 Å². The quantitative estimate of drug-likeness (QED) is 0.467. The summed E-state index contributed by atoms with van der Waals surface area (Å²) in [6, 6.07) is 1.75. The fourth-order valence-electron chi connectivity index (χ4n) is 1.42. The van der Waals surface area contributed by atoms with Crippen LogP contribution in [0.3, 0.4) is 0 Å². The minimum absolute atomic E-state index is 0.105. The molecule has 0 aliphatic heterocycles. The lowest BCUT2D eigenvalue weighted by atomic mass is 10.3. The highest BCUT2D eigenvalue weighted by molar-refractivity contribution is 5.89. The summed E-state index contributed by atoms with van der Waals surface area (Å²) in [6.07, 6.45) is -2.60. The smallest absolute Gasteiger partial charge is 0.340 e. The van der Waals surface area contributed by atoms with Crippen molar-refractivity contribution in [3.05, 3.63) is 18.3 Å². The van der Waals surface area contributed by atoms with Crippen LogP contribution in [0.4, 0.5) is 28.0 Å². The summed E-state index contributed by atoms with van der Waals surface area (Å²) in [7, 11) is 0. The lowest BCUT2D eigenvalue weighted by Crippen LogP contribution is -2.34. The molecule has 134 valence electrons. The third-order valence-corrected chi connectivity index (χ3v) is 2.58. The number of carboxylic acids is 1. The number of pyridine rings is 1. The summed E-state index contributed by atoms with van der Waals surface area (Å²) in [5, 5.41) is 13.2. The van der Waals surface area contributed by atoms with Gasteiger partial charge in [-0.2, -0.15) is 8.78 Å². The van der Waals surface area contributed by atoms with Crippen LogP contribution in [0, 0.1) is 0 Å². The molecule has 1 aromatic rings. The van der Waals surface area contributed by atoms with E-state index < -0.39 is 31.0 Å². The molecular weight excluding hydrogens is 338 g/mol. The molecule has 3 N–H and O–H groups in total. The molecule has 0 saturated carbocycles. The Morgan fingerprint density at radius 2 is 2.08 bits per heavy atom. The van der Waals surface area contributed by atoms with Crippen molar-refractivity contribution in [2.45, 2.75) is 25.2 Å². The summed E-state index contributed by atoms with van der Waals surface area (Å²) in [4.78, 5) is 25.4. The highest BCUT2D eigenvalue weighted by Crippen LogP contribution is 2.24. The van der Waals surface area contributed by atoms with E-state index in [0.717, 1.165) is 12.3 Å². The monoisotopic (exact) mass is 353 g/mol. The number of aromatic nitrogens is 1. The molecule has 1 rings (SSSR count). The van der Waals surface area contributed by atoms with Gasteiger partial charge in [-0.1, -0.05) is 0 Å². The van der Waals surface area contributed by atoms with Gasteiger partial charge < -0.3 is 20.5 Å². The standard InChI is InChI=1S/C13H15F4N3O4/c14-11(15)13(16,17)7-24-9-6-8(3-5-18-9)20-12(23)19-4-1-2-10(21)22/h3,5-6,11H,1-2,4,7H2,(H,21,22)(H2,18,19,20,23). The molecule has 1 heterocycles. The van der Waals surface area contributed by atoms with E-state index in [4.69, 9.17) is 5.11 Å². The molecular formula is C13H15F4N3O4. The minimum atomic E-state index is -4.31. The van der Waals surface area contributed by atoms with Gasteiger partial charge in [0.1, 0.15) is 0 Å². The van der Waals surface area contributed by atoms with E-state index in [2.05, 4.69) is 20.4 Å². The first kappa shape index (κ1) is 19.5. The normalized spacial score (nSPS) is 11.2. The number of nitrogens with one attached hydrogen (secondary N) is 2. The first-order chi connectivity index (χ1) is 11.2. The molecule has 2 amide bonds. The topological polar surface area (TPSA) is 101 Å². The summed E-state index contributed by atoms with van der Waals surface area (Å²) in [5.41, 5.74) is 0.135. The van der Waals surface area contributed by atoms with Gasteiger partial charge in [-0.05, 0) is 12.5 Å². The van der Waals surface area contributed by atoms with E-state index in [1.54, 1.807) is 0 Å². The third-order valence-electron chi connectivity index (χ3n) is 2.58. The molecule has 0 aliphatic carbocycles. The first-order valence-electron chi connectivity index (χ1n) is 6.72. The Balaban J connectivity index is 2.47. The second-order valence-corrected chi connectivity index (χ2v) is 4.61. The van der Waals surface area contributed by atoms with Gasteiger partial charge in [-0.25, -0.2) is 18.6 Å². The number of alkyl halides is 4. The molecule has 11 heteroatoms. The van der Waals surface area contributed by atoms with Crippen LogP contribution in [0.25, 0.3) is 0 Å². The molecule has 0 aromatic carbocycles. The summed E-state index contributed by atoms with van der Waals surface area (Å²) < 4.78 is 54.0. The number of amides is 2. The number of carbonyl (C=O) groups excluding carboxylic acids is 1. The lowest BCUT2D eigenvalue weighted by molar-refractivity contribution is -0.148. The predicted molar refractivity (Wildman–Crippen MR) is 74.6 cm³/mol. The number of rotatable bonds is 9. The maximum absolute atomic E-state index is 12.7. The molecule has 0 aliphatic rings. The number of carbonyl (C=O) groups is 2. The van der Waals surface area contributed by atoms with Crippen molar-refractivity contribution >= 4 is 17.7 Å². The third kappa shape index (κ3) is 7.11. The van der Waals surface area contributed by atoms with E-state index in [0.29, 0.717) is 0 Å². The van der Waals surface area contributed by atoms with Crippen LogP contribution >= 0.6 is 0 Å². The van der Waals surface area contributed by atoms with Crippen LogP contribution in [0.1, 0.15) is 12.8 Å². The first-order valence-corrected chi connectivity index (χ1v) is 6.72. The Morgan fingerprint density at radius 3 is 2.71 bits per heavy atom. The molecule has 1 aromatic heterocycles. The Bertz CT molecular complexity index is 572. The van der Waals surface area contributed by atoms with Crippen molar-refractivity contribution in [2.24, 2.45) is 0 Å². The highest BCUT2D eigenvalue weighted by Gasteiger charge is 2.41. The van der Waals surface area contributed by atoms with Gasteiger partial charge in [-0.3, -0.25) is 4.79 Å². The Hall–Kier alpha value is -2.59. The zero-order valence-electron chi connectivity index (χ0n) is 12.3. The van der Waals surface area contributed by atoms with Crippen LogP contribution in [-0.2, 0) is 4.79 Å². The van der Waals surface area contributed by atoms with Crippen molar-refractivity contribution in [1.29, 1.82) is 0 Å². The number of ether oxygens (including phenoxy) is 1. The number of hydrogen-bond acceptors (Lipinski definition) is 4. The zero-order valence-corrected chi connectivity index (χ0v) is 12.3. The van der Waals surface area contributed by atoms with Gasteiger partial charge in [0.05, 0.1) is 0 Å². The predicted octanol–water partition coefficient (Wildman–Crippen LogP) is 2.35. The van der Waals surface area contributed by atoms with Crippen molar-refractivity contribution < 1.29 is 37.0 Å². The summed E-state index contributed by atoms with van der Waals surface area (Å²) in [5.74, 6) is -5.67. The number of halogens is 4. The van der Waals surface area contributed by atoms with Crippen molar-refractivity contribution in [2.75, 3.05) is 18.5 Å². The number of carboxylic acid groups (broad SMARTS) is 1. The van der Waals surface area contributed by atoms with E-state index in [1.807, 2.05) is 0 Å². The Morgan fingerprint density at radius 1 is 1.38 bits per heavy atom. The van der Waals surface area contributed by atoms with Crippen LogP contribution in [-0.4, -0.2) is 47.6 Å². The Labute approximate surface area is 134 Å². The second-order valence-electron chi connectivity index (χ2n) is 4.61. The second kappa shape index (κ2) is 8.89. The van der Waals surface area contributed by atoms with Gasteiger partial charge in [0.25, 0.3) is 0 Å². The Kier molecular flexibility index (Phi) is 7.21. The molecule has 0 atom stereocenters. The molecule has 0 radical (unpaired) electrons. The SMILES string of the molecule is O=C(O)CCCNC(=O)Nc1ccnc(OCC(F)(F)C(F)F)c1. The fourth-order valence-corrected chi connectivity index (χ4v) is 1.42. The van der Waals surface area contributed by atoms with Crippen LogP contribution in [0.15, 0.2) is 18.3 Å². The molecule has 0 fully saturated rings. The maximum atomic E-state index is 12.7.